The molecule has 2 amide bonds. The molecule has 0 spiro atoms. The number of amides is 2. The Labute approximate surface area is 154 Å². The Bertz CT molecular complexity index is 817. The Morgan fingerprint density at radius 3 is 2.77 bits per heavy atom. The van der Waals surface area contributed by atoms with Crippen molar-refractivity contribution in [1.82, 2.24) is 0 Å². The SMILES string of the molecule is CCCN1C(=O)CCc2cc(NC(=O)Cc3ccccc3OC)ccc21. The fourth-order valence-electron chi connectivity index (χ4n) is 3.33. The number of benzene rings is 2. The third-order valence-corrected chi connectivity index (χ3v) is 4.55. The molecule has 0 atom stereocenters. The molecule has 1 N–H and O–H groups in total. The topological polar surface area (TPSA) is 58.6 Å². The Morgan fingerprint density at radius 1 is 1.19 bits per heavy atom. The summed E-state index contributed by atoms with van der Waals surface area (Å²) in [4.78, 5) is 26.4. The molecule has 0 fully saturated rings. The summed E-state index contributed by atoms with van der Waals surface area (Å²) in [6.45, 7) is 2.79. The highest BCUT2D eigenvalue weighted by molar-refractivity contribution is 5.98. The quantitative estimate of drug-likeness (QED) is 0.865. The zero-order valence-electron chi connectivity index (χ0n) is 15.2. The van der Waals surface area contributed by atoms with E-state index in [1.54, 1.807) is 7.11 Å². The number of ether oxygens (including phenoxy) is 1. The molecule has 26 heavy (non-hydrogen) atoms. The maximum atomic E-state index is 12.4. The molecule has 5 nitrogen and oxygen atoms in total. The van der Waals surface area contributed by atoms with E-state index in [1.165, 1.54) is 0 Å². The second-order valence-electron chi connectivity index (χ2n) is 6.43. The molecule has 1 heterocycles. The number of fused-ring (bicyclic) bond motifs is 1. The molecule has 0 aliphatic carbocycles. The van der Waals surface area contributed by atoms with Crippen LogP contribution in [0.5, 0.6) is 5.75 Å². The van der Waals surface area contributed by atoms with Crippen LogP contribution in [0.15, 0.2) is 42.5 Å². The van der Waals surface area contributed by atoms with Gasteiger partial charge in [-0.25, -0.2) is 0 Å². The Balaban J connectivity index is 1.73. The van der Waals surface area contributed by atoms with Crippen molar-refractivity contribution < 1.29 is 14.3 Å². The van der Waals surface area contributed by atoms with Crippen LogP contribution >= 0.6 is 0 Å². The van der Waals surface area contributed by atoms with Crippen molar-refractivity contribution in [2.45, 2.75) is 32.6 Å². The van der Waals surface area contributed by atoms with E-state index in [1.807, 2.05) is 47.4 Å². The van der Waals surface area contributed by atoms with Gasteiger partial charge in [-0.15, -0.1) is 0 Å². The normalized spacial score (nSPS) is 13.3. The van der Waals surface area contributed by atoms with Crippen LogP contribution in [0.1, 0.15) is 30.9 Å². The van der Waals surface area contributed by atoms with Crippen LogP contribution in [-0.2, 0) is 22.4 Å². The molecule has 1 aliphatic rings. The van der Waals surface area contributed by atoms with E-state index in [0.717, 1.165) is 35.5 Å². The van der Waals surface area contributed by atoms with Crippen LogP contribution in [0.3, 0.4) is 0 Å². The highest BCUT2D eigenvalue weighted by Gasteiger charge is 2.23. The molecule has 0 saturated heterocycles. The maximum absolute atomic E-state index is 12.4. The number of rotatable bonds is 6. The van der Waals surface area contributed by atoms with Crippen LogP contribution in [0.25, 0.3) is 0 Å². The average Bonchev–Trinajstić information content (AvgIpc) is 2.64. The van der Waals surface area contributed by atoms with Crippen molar-refractivity contribution in [3.63, 3.8) is 0 Å². The van der Waals surface area contributed by atoms with Crippen LogP contribution < -0.4 is 15.0 Å². The second kappa shape index (κ2) is 8.04. The number of aryl methyl sites for hydroxylation is 1. The lowest BCUT2D eigenvalue weighted by atomic mass is 10.00. The first kappa shape index (κ1) is 18.0. The summed E-state index contributed by atoms with van der Waals surface area (Å²) in [6, 6.07) is 13.3. The smallest absolute Gasteiger partial charge is 0.228 e. The summed E-state index contributed by atoms with van der Waals surface area (Å²) in [5.41, 5.74) is 3.68. The minimum atomic E-state index is -0.0910. The minimum Gasteiger partial charge on any atom is -0.496 e. The summed E-state index contributed by atoms with van der Waals surface area (Å²) >= 11 is 0. The third-order valence-electron chi connectivity index (χ3n) is 4.55. The fourth-order valence-corrected chi connectivity index (χ4v) is 3.33. The van der Waals surface area contributed by atoms with E-state index >= 15 is 0 Å². The molecule has 3 rings (SSSR count). The van der Waals surface area contributed by atoms with Crippen molar-refractivity contribution in [3.05, 3.63) is 53.6 Å². The van der Waals surface area contributed by atoms with Crippen LogP contribution in [0.2, 0.25) is 0 Å². The average molecular weight is 352 g/mol. The number of hydrogen-bond acceptors (Lipinski definition) is 3. The number of hydrogen-bond donors (Lipinski definition) is 1. The molecule has 2 aromatic carbocycles. The van der Waals surface area contributed by atoms with Crippen molar-refractivity contribution in [3.8, 4) is 5.75 Å². The number of nitrogens with zero attached hydrogens (tertiary/aromatic N) is 1. The van der Waals surface area contributed by atoms with Crippen molar-refractivity contribution in [1.29, 1.82) is 0 Å². The summed E-state index contributed by atoms with van der Waals surface area (Å²) < 4.78 is 5.30. The molecule has 1 aliphatic heterocycles. The lowest BCUT2D eigenvalue weighted by Gasteiger charge is -2.29. The largest absolute Gasteiger partial charge is 0.496 e. The number of anilines is 2. The molecule has 5 heteroatoms. The van der Waals surface area contributed by atoms with Gasteiger partial charge in [-0.2, -0.15) is 0 Å². The van der Waals surface area contributed by atoms with E-state index in [4.69, 9.17) is 4.74 Å². The number of nitrogens with one attached hydrogen (secondary N) is 1. The van der Waals surface area contributed by atoms with Gasteiger partial charge >= 0.3 is 0 Å². The molecule has 0 unspecified atom stereocenters. The van der Waals surface area contributed by atoms with E-state index in [-0.39, 0.29) is 18.2 Å². The fraction of sp³-hybridized carbons (Fsp3) is 0.333. The summed E-state index contributed by atoms with van der Waals surface area (Å²) in [6.07, 6.45) is 2.40. The number of para-hydroxylation sites is 1. The first-order chi connectivity index (χ1) is 12.6. The molecular formula is C21H24N2O3. The van der Waals surface area contributed by atoms with Gasteiger partial charge in [0.25, 0.3) is 0 Å². The Kier molecular flexibility index (Phi) is 5.56. The Morgan fingerprint density at radius 2 is 2.00 bits per heavy atom. The number of carbonyl (C=O) groups excluding carboxylic acids is 2. The molecule has 0 aromatic heterocycles. The van der Waals surface area contributed by atoms with Gasteiger partial charge in [-0.1, -0.05) is 25.1 Å². The van der Waals surface area contributed by atoms with Gasteiger partial charge in [-0.3, -0.25) is 9.59 Å². The van der Waals surface area contributed by atoms with Gasteiger partial charge < -0.3 is 15.0 Å². The summed E-state index contributed by atoms with van der Waals surface area (Å²) in [7, 11) is 1.60. The molecular weight excluding hydrogens is 328 g/mol. The molecule has 0 bridgehead atoms. The lowest BCUT2D eigenvalue weighted by Crippen LogP contribution is -2.35. The summed E-state index contributed by atoms with van der Waals surface area (Å²) in [5, 5.41) is 2.95. The second-order valence-corrected chi connectivity index (χ2v) is 6.43. The zero-order chi connectivity index (χ0) is 18.5. The minimum absolute atomic E-state index is 0.0910. The van der Waals surface area contributed by atoms with Gasteiger partial charge in [0.2, 0.25) is 11.8 Å². The molecule has 136 valence electrons. The van der Waals surface area contributed by atoms with Gasteiger partial charge in [0.15, 0.2) is 0 Å². The highest BCUT2D eigenvalue weighted by atomic mass is 16.5. The van der Waals surface area contributed by atoms with Gasteiger partial charge in [0.05, 0.1) is 13.5 Å². The van der Waals surface area contributed by atoms with E-state index in [0.29, 0.717) is 18.6 Å². The lowest BCUT2D eigenvalue weighted by molar-refractivity contribution is -0.119. The van der Waals surface area contributed by atoms with Gasteiger partial charge in [0.1, 0.15) is 5.75 Å². The van der Waals surface area contributed by atoms with Gasteiger partial charge in [0, 0.05) is 29.9 Å². The van der Waals surface area contributed by atoms with Crippen molar-refractivity contribution in [2.24, 2.45) is 0 Å². The third kappa shape index (κ3) is 3.87. The first-order valence-corrected chi connectivity index (χ1v) is 8.97. The Hall–Kier alpha value is -2.82. The highest BCUT2D eigenvalue weighted by Crippen LogP contribution is 2.30. The molecule has 0 saturated carbocycles. The predicted octanol–water partition coefficient (Wildman–Crippen LogP) is 3.57. The summed E-state index contributed by atoms with van der Waals surface area (Å²) in [5.74, 6) is 0.792. The van der Waals surface area contributed by atoms with E-state index < -0.39 is 0 Å². The van der Waals surface area contributed by atoms with Crippen LogP contribution in [0, 0.1) is 0 Å². The van der Waals surface area contributed by atoms with Gasteiger partial charge in [-0.05, 0) is 42.7 Å². The number of methoxy groups -OCH3 is 1. The number of carbonyl (C=O) groups is 2. The maximum Gasteiger partial charge on any atom is 0.228 e. The standard InChI is InChI=1S/C21H24N2O3/c1-3-12-23-18-10-9-17(13-15(18)8-11-21(23)25)22-20(24)14-16-6-4-5-7-19(16)26-2/h4-7,9-10,13H,3,8,11-12,14H2,1-2H3,(H,22,24). The van der Waals surface area contributed by atoms with Crippen LogP contribution in [-0.4, -0.2) is 25.5 Å². The first-order valence-electron chi connectivity index (χ1n) is 8.97. The molecule has 0 radical (unpaired) electrons. The molecule has 2 aromatic rings. The monoisotopic (exact) mass is 352 g/mol. The predicted molar refractivity (Wildman–Crippen MR) is 103 cm³/mol. The van der Waals surface area contributed by atoms with E-state index in [2.05, 4.69) is 12.2 Å². The zero-order valence-corrected chi connectivity index (χ0v) is 15.2. The van der Waals surface area contributed by atoms with Crippen LogP contribution in [0.4, 0.5) is 11.4 Å². The van der Waals surface area contributed by atoms with E-state index in [9.17, 15) is 9.59 Å². The van der Waals surface area contributed by atoms with Crippen molar-refractivity contribution in [2.75, 3.05) is 23.9 Å². The van der Waals surface area contributed by atoms with Crippen molar-refractivity contribution >= 4 is 23.2 Å².